The van der Waals surface area contributed by atoms with E-state index in [0.717, 1.165) is 6.07 Å². The van der Waals surface area contributed by atoms with Gasteiger partial charge in [0.25, 0.3) is 10.0 Å². The molecule has 30 heavy (non-hydrogen) atoms. The lowest BCUT2D eigenvalue weighted by molar-refractivity contribution is -0.155. The Labute approximate surface area is 174 Å². The van der Waals surface area contributed by atoms with Crippen LogP contribution in [-0.4, -0.2) is 27.8 Å². The summed E-state index contributed by atoms with van der Waals surface area (Å²) in [5.74, 6) is -0.972. The Morgan fingerprint density at radius 1 is 1.03 bits per heavy atom. The van der Waals surface area contributed by atoms with Gasteiger partial charge in [-0.15, -0.1) is 0 Å². The van der Waals surface area contributed by atoms with E-state index < -0.39 is 22.0 Å². The molecule has 1 aromatic heterocycles. The monoisotopic (exact) mass is 462 g/mol. The van der Waals surface area contributed by atoms with Crippen LogP contribution in [0.1, 0.15) is 5.76 Å². The van der Waals surface area contributed by atoms with E-state index in [4.69, 9.17) is 21.1 Å². The predicted molar refractivity (Wildman–Crippen MR) is 102 cm³/mol. The third-order valence-electron chi connectivity index (χ3n) is 3.94. The van der Waals surface area contributed by atoms with Gasteiger partial charge in [0.1, 0.15) is 22.1 Å². The van der Waals surface area contributed by atoms with Crippen LogP contribution in [0.5, 0.6) is 11.5 Å². The molecular formula is C18H14ClF3N2O5S. The maximum atomic E-state index is 12.9. The van der Waals surface area contributed by atoms with E-state index in [1.54, 1.807) is 0 Å². The van der Waals surface area contributed by atoms with Crippen LogP contribution in [0, 0.1) is 0 Å². The summed E-state index contributed by atoms with van der Waals surface area (Å²) < 4.78 is 80.8. The first-order chi connectivity index (χ1) is 14.0. The van der Waals surface area contributed by atoms with Gasteiger partial charge in [-0.05, 0) is 36.4 Å². The number of methoxy groups -OCH3 is 2. The minimum Gasteiger partial charge on any atom is -0.495 e. The Hall–Kier alpha value is -2.92. The van der Waals surface area contributed by atoms with E-state index in [2.05, 4.69) is 14.4 Å². The molecule has 0 amide bonds. The largest absolute Gasteiger partial charge is 0.495 e. The fourth-order valence-electron chi connectivity index (χ4n) is 2.53. The quantitative estimate of drug-likeness (QED) is 0.564. The molecule has 0 fully saturated rings. The Kier molecular flexibility index (Phi) is 5.86. The minimum absolute atomic E-state index is 0.0228. The summed E-state index contributed by atoms with van der Waals surface area (Å²) in [7, 11) is -1.53. The summed E-state index contributed by atoms with van der Waals surface area (Å²) in [5, 5.41) is 3.55. The van der Waals surface area contributed by atoms with Crippen molar-refractivity contribution in [2.75, 3.05) is 18.9 Å². The van der Waals surface area contributed by atoms with Crippen LogP contribution in [0.2, 0.25) is 5.02 Å². The number of hydrogen-bond acceptors (Lipinski definition) is 6. The van der Waals surface area contributed by atoms with Crippen LogP contribution in [-0.2, 0) is 16.2 Å². The second-order valence-electron chi connectivity index (χ2n) is 5.89. The van der Waals surface area contributed by atoms with Crippen molar-refractivity contribution in [1.82, 2.24) is 5.16 Å². The van der Waals surface area contributed by atoms with Gasteiger partial charge in [-0.3, -0.25) is 4.72 Å². The topological polar surface area (TPSA) is 90.7 Å². The third-order valence-corrected chi connectivity index (χ3v) is 5.64. The van der Waals surface area contributed by atoms with Gasteiger partial charge >= 0.3 is 6.18 Å². The van der Waals surface area contributed by atoms with Gasteiger partial charge in [-0.2, -0.15) is 13.2 Å². The molecule has 0 atom stereocenters. The number of nitrogens with one attached hydrogen (secondary N) is 1. The van der Waals surface area contributed by atoms with E-state index in [1.165, 1.54) is 44.6 Å². The molecule has 0 radical (unpaired) electrons. The molecule has 3 rings (SSSR count). The molecule has 0 spiro atoms. The summed E-state index contributed by atoms with van der Waals surface area (Å²) in [5.41, 5.74) is 0.0474. The Balaban J connectivity index is 2.00. The number of hydrogen-bond donors (Lipinski definition) is 1. The van der Waals surface area contributed by atoms with Crippen molar-refractivity contribution in [1.29, 1.82) is 0 Å². The van der Waals surface area contributed by atoms with Gasteiger partial charge in [0.15, 0.2) is 0 Å². The molecular weight excluding hydrogens is 449 g/mol. The van der Waals surface area contributed by atoms with Crippen LogP contribution >= 0.6 is 11.6 Å². The van der Waals surface area contributed by atoms with Crippen molar-refractivity contribution in [2.24, 2.45) is 0 Å². The normalized spacial score (nSPS) is 11.9. The molecule has 1 N–H and O–H groups in total. The molecule has 7 nitrogen and oxygen atoms in total. The fourth-order valence-corrected chi connectivity index (χ4v) is 4.03. The number of benzene rings is 2. The lowest BCUT2D eigenvalue weighted by Gasteiger charge is -2.13. The summed E-state index contributed by atoms with van der Waals surface area (Å²) in [6.45, 7) is 0. The summed E-state index contributed by atoms with van der Waals surface area (Å²) >= 11 is 6.01. The minimum atomic E-state index is -4.72. The molecule has 0 unspecified atom stereocenters. The summed E-state index contributed by atoms with van der Waals surface area (Å²) in [6, 6.07) is 8.72. The number of nitrogens with zero attached hydrogens (tertiary/aromatic N) is 1. The fraction of sp³-hybridized carbons (Fsp3) is 0.167. The van der Waals surface area contributed by atoms with Crippen molar-refractivity contribution in [3.05, 3.63) is 53.2 Å². The van der Waals surface area contributed by atoms with Gasteiger partial charge in [-0.1, -0.05) is 16.8 Å². The van der Waals surface area contributed by atoms with Crippen LogP contribution in [0.3, 0.4) is 0 Å². The lowest BCUT2D eigenvalue weighted by Crippen LogP contribution is -2.14. The maximum absolute atomic E-state index is 12.9. The van der Waals surface area contributed by atoms with E-state index in [1.807, 2.05) is 0 Å². The number of anilines is 1. The second-order valence-corrected chi connectivity index (χ2v) is 7.95. The SMILES string of the molecule is COc1ccc(NS(=O)(=O)c2cc(-c3cc(C(F)(F)F)on3)ccc2OC)cc1Cl. The van der Waals surface area contributed by atoms with Crippen molar-refractivity contribution in [2.45, 2.75) is 11.1 Å². The Morgan fingerprint density at radius 2 is 1.70 bits per heavy atom. The highest BCUT2D eigenvalue weighted by Crippen LogP contribution is 2.35. The highest BCUT2D eigenvalue weighted by molar-refractivity contribution is 7.92. The number of rotatable bonds is 6. The molecule has 0 aliphatic heterocycles. The average Bonchev–Trinajstić information content (AvgIpc) is 3.18. The van der Waals surface area contributed by atoms with E-state index in [9.17, 15) is 21.6 Å². The van der Waals surface area contributed by atoms with Crippen LogP contribution < -0.4 is 14.2 Å². The average molecular weight is 463 g/mol. The zero-order valence-electron chi connectivity index (χ0n) is 15.5. The lowest BCUT2D eigenvalue weighted by atomic mass is 10.1. The Morgan fingerprint density at radius 3 is 2.27 bits per heavy atom. The smallest absolute Gasteiger partial charge is 0.452 e. The van der Waals surface area contributed by atoms with E-state index in [-0.39, 0.29) is 32.6 Å². The standard InChI is InChI=1S/C18H14ClF3N2O5S/c1-27-14-6-4-11(8-12(14)19)24-30(25,26)16-7-10(3-5-15(16)28-2)13-9-17(29-23-13)18(20,21)22/h3-9,24H,1-2H3. The maximum Gasteiger partial charge on any atom is 0.452 e. The first-order valence-electron chi connectivity index (χ1n) is 8.14. The van der Waals surface area contributed by atoms with Gasteiger partial charge in [0, 0.05) is 11.6 Å². The first kappa shape index (κ1) is 21.8. The molecule has 0 aliphatic carbocycles. The summed E-state index contributed by atoms with van der Waals surface area (Å²) in [4.78, 5) is -0.314. The molecule has 0 saturated carbocycles. The Bertz CT molecular complexity index is 1180. The highest BCUT2D eigenvalue weighted by Gasteiger charge is 2.36. The zero-order valence-corrected chi connectivity index (χ0v) is 17.0. The van der Waals surface area contributed by atoms with Crippen LogP contribution in [0.4, 0.5) is 18.9 Å². The van der Waals surface area contributed by atoms with Crippen molar-refractivity contribution in [3.8, 4) is 22.8 Å². The number of sulfonamides is 1. The second kappa shape index (κ2) is 8.07. The van der Waals surface area contributed by atoms with Crippen molar-refractivity contribution in [3.63, 3.8) is 0 Å². The summed E-state index contributed by atoms with van der Waals surface area (Å²) in [6.07, 6.45) is -4.72. The van der Waals surface area contributed by atoms with Crippen LogP contribution in [0.15, 0.2) is 51.9 Å². The highest BCUT2D eigenvalue weighted by atomic mass is 35.5. The number of alkyl halides is 3. The molecule has 0 aliphatic rings. The molecule has 1 heterocycles. The molecule has 160 valence electrons. The van der Waals surface area contributed by atoms with Gasteiger partial charge in [0.05, 0.1) is 24.9 Å². The van der Waals surface area contributed by atoms with Crippen molar-refractivity contribution < 1.29 is 35.6 Å². The van der Waals surface area contributed by atoms with E-state index in [0.29, 0.717) is 11.8 Å². The molecule has 0 bridgehead atoms. The molecule has 0 saturated heterocycles. The molecule has 3 aromatic rings. The zero-order chi connectivity index (χ0) is 22.1. The number of aromatic nitrogens is 1. The number of ether oxygens (including phenoxy) is 2. The molecule has 12 heteroatoms. The predicted octanol–water partition coefficient (Wildman–Crippen LogP) is 4.83. The van der Waals surface area contributed by atoms with Gasteiger partial charge in [0.2, 0.25) is 5.76 Å². The van der Waals surface area contributed by atoms with E-state index >= 15 is 0 Å². The third kappa shape index (κ3) is 4.46. The number of halogens is 4. The van der Waals surface area contributed by atoms with Crippen molar-refractivity contribution >= 4 is 27.3 Å². The first-order valence-corrected chi connectivity index (χ1v) is 10.00. The molecule has 2 aromatic carbocycles. The van der Waals surface area contributed by atoms with Gasteiger partial charge < -0.3 is 14.0 Å². The van der Waals surface area contributed by atoms with Gasteiger partial charge in [-0.25, -0.2) is 8.42 Å². The van der Waals surface area contributed by atoms with Crippen LogP contribution in [0.25, 0.3) is 11.3 Å².